The van der Waals surface area contributed by atoms with Crippen LogP contribution in [0.4, 0.5) is 0 Å². The van der Waals surface area contributed by atoms with Crippen molar-refractivity contribution in [1.82, 2.24) is 10.3 Å². The highest BCUT2D eigenvalue weighted by Crippen LogP contribution is 2.22. The number of aromatic amines is 1. The zero-order valence-corrected chi connectivity index (χ0v) is 16.7. The zero-order chi connectivity index (χ0) is 20.0. The van der Waals surface area contributed by atoms with E-state index in [-0.39, 0.29) is 12.1 Å². The summed E-state index contributed by atoms with van der Waals surface area (Å²) in [7, 11) is 0. The van der Waals surface area contributed by atoms with Gasteiger partial charge in [-0.05, 0) is 49.9 Å². The molecule has 0 amide bonds. The molecule has 3 N–H and O–H groups in total. The predicted molar refractivity (Wildman–Crippen MR) is 116 cm³/mol. The van der Waals surface area contributed by atoms with Crippen molar-refractivity contribution >= 4 is 10.9 Å². The van der Waals surface area contributed by atoms with Gasteiger partial charge >= 0.3 is 0 Å². The first-order valence-electron chi connectivity index (χ1n) is 9.78. The number of ether oxygens (including phenoxy) is 1. The van der Waals surface area contributed by atoms with Gasteiger partial charge in [0.05, 0.1) is 0 Å². The number of hydrogen-bond acceptors (Lipinski definition) is 3. The van der Waals surface area contributed by atoms with E-state index < -0.39 is 6.10 Å². The molecule has 4 heteroatoms. The van der Waals surface area contributed by atoms with E-state index in [0.29, 0.717) is 6.54 Å². The van der Waals surface area contributed by atoms with Crippen molar-refractivity contribution in [2.75, 3.05) is 13.2 Å². The molecule has 0 saturated heterocycles. The van der Waals surface area contributed by atoms with Crippen molar-refractivity contribution in [2.24, 2.45) is 0 Å². The van der Waals surface area contributed by atoms with Gasteiger partial charge in [-0.2, -0.15) is 0 Å². The molecule has 0 aliphatic carbocycles. The van der Waals surface area contributed by atoms with Gasteiger partial charge in [0.2, 0.25) is 0 Å². The molecule has 148 valence electrons. The van der Waals surface area contributed by atoms with Crippen LogP contribution in [0.15, 0.2) is 67.4 Å². The van der Waals surface area contributed by atoms with Gasteiger partial charge in [0.1, 0.15) is 18.5 Å². The lowest BCUT2D eigenvalue weighted by molar-refractivity contribution is 0.0984. The van der Waals surface area contributed by atoms with Gasteiger partial charge in [-0.15, -0.1) is 6.58 Å². The number of para-hydroxylation sites is 2. The fraction of sp³-hybridized carbons (Fsp3) is 0.333. The van der Waals surface area contributed by atoms with Crippen LogP contribution in [0.2, 0.25) is 0 Å². The Kier molecular flexibility index (Phi) is 6.55. The quantitative estimate of drug-likeness (QED) is 0.462. The third kappa shape index (κ3) is 5.24. The fourth-order valence-electron chi connectivity index (χ4n) is 3.42. The third-order valence-corrected chi connectivity index (χ3v) is 4.89. The maximum absolute atomic E-state index is 10.4. The molecule has 0 aliphatic rings. The monoisotopic (exact) mass is 378 g/mol. The molecule has 1 unspecified atom stereocenters. The number of β-amino-alcohol motifs (C(OH)–C–C–N with tert-alkyl or cyclic N) is 1. The molecule has 1 aromatic heterocycles. The summed E-state index contributed by atoms with van der Waals surface area (Å²) >= 11 is 0. The molecule has 3 rings (SSSR count). The van der Waals surface area contributed by atoms with E-state index in [1.54, 1.807) is 0 Å². The molecule has 0 aliphatic heterocycles. The molecule has 1 heterocycles. The molecular formula is C24H30N2O2. The summed E-state index contributed by atoms with van der Waals surface area (Å²) in [5.74, 6) is 0.805. The first-order valence-corrected chi connectivity index (χ1v) is 9.78. The van der Waals surface area contributed by atoms with Crippen molar-refractivity contribution < 1.29 is 9.84 Å². The normalized spacial score (nSPS) is 12.8. The van der Waals surface area contributed by atoms with Crippen molar-refractivity contribution in [3.8, 4) is 5.75 Å². The van der Waals surface area contributed by atoms with Crippen molar-refractivity contribution in [2.45, 2.75) is 38.3 Å². The molecule has 1 atom stereocenters. The van der Waals surface area contributed by atoms with Gasteiger partial charge in [-0.3, -0.25) is 0 Å². The SMILES string of the molecule is C=CCc1ccccc1OCC(O)CNC(C)(C)Cc1c[nH]c2ccccc12. The van der Waals surface area contributed by atoms with E-state index in [4.69, 9.17) is 4.74 Å². The Hall–Kier alpha value is -2.56. The van der Waals surface area contributed by atoms with Crippen LogP contribution in [0.5, 0.6) is 5.75 Å². The van der Waals surface area contributed by atoms with E-state index in [9.17, 15) is 5.11 Å². The Bertz CT molecular complexity index is 914. The Morgan fingerprint density at radius 3 is 2.71 bits per heavy atom. The number of aromatic nitrogens is 1. The lowest BCUT2D eigenvalue weighted by Gasteiger charge is -2.28. The van der Waals surface area contributed by atoms with Crippen LogP contribution in [-0.4, -0.2) is 34.9 Å². The molecule has 0 bridgehead atoms. The predicted octanol–water partition coefficient (Wildman–Crippen LogP) is 4.25. The first-order chi connectivity index (χ1) is 13.5. The smallest absolute Gasteiger partial charge is 0.122 e. The minimum absolute atomic E-state index is 0.146. The van der Waals surface area contributed by atoms with Gasteiger partial charge in [-0.1, -0.05) is 42.5 Å². The first kappa shape index (κ1) is 20.2. The molecule has 2 aromatic carbocycles. The Balaban J connectivity index is 1.52. The minimum atomic E-state index is -0.584. The number of fused-ring (bicyclic) bond motifs is 1. The largest absolute Gasteiger partial charge is 0.491 e. The molecule has 28 heavy (non-hydrogen) atoms. The Morgan fingerprint density at radius 2 is 1.89 bits per heavy atom. The highest BCUT2D eigenvalue weighted by atomic mass is 16.5. The van der Waals surface area contributed by atoms with E-state index in [2.05, 4.69) is 55.1 Å². The van der Waals surface area contributed by atoms with E-state index >= 15 is 0 Å². The zero-order valence-electron chi connectivity index (χ0n) is 16.7. The average Bonchev–Trinajstić information content (AvgIpc) is 3.08. The summed E-state index contributed by atoms with van der Waals surface area (Å²) in [6, 6.07) is 16.2. The van der Waals surface area contributed by atoms with Gasteiger partial charge in [0, 0.05) is 29.2 Å². The summed E-state index contributed by atoms with van der Waals surface area (Å²) < 4.78 is 5.84. The van der Waals surface area contributed by atoms with Crippen LogP contribution >= 0.6 is 0 Å². The topological polar surface area (TPSA) is 57.3 Å². The van der Waals surface area contributed by atoms with Gasteiger partial charge in [-0.25, -0.2) is 0 Å². The molecule has 3 aromatic rings. The number of aliphatic hydroxyl groups is 1. The van der Waals surface area contributed by atoms with Crippen LogP contribution in [0.25, 0.3) is 10.9 Å². The van der Waals surface area contributed by atoms with Crippen LogP contribution in [0, 0.1) is 0 Å². The summed E-state index contributed by atoms with van der Waals surface area (Å²) in [6.07, 6.45) is 4.96. The lowest BCUT2D eigenvalue weighted by atomic mass is 9.94. The third-order valence-electron chi connectivity index (χ3n) is 4.89. The molecule has 0 spiro atoms. The number of nitrogens with one attached hydrogen (secondary N) is 2. The van der Waals surface area contributed by atoms with E-state index in [0.717, 1.165) is 29.7 Å². The van der Waals surface area contributed by atoms with E-state index in [1.807, 2.05) is 36.4 Å². The Morgan fingerprint density at radius 1 is 1.14 bits per heavy atom. The molecule has 4 nitrogen and oxygen atoms in total. The second-order valence-electron chi connectivity index (χ2n) is 7.87. The van der Waals surface area contributed by atoms with Crippen molar-refractivity contribution in [3.05, 3.63) is 78.5 Å². The average molecular weight is 379 g/mol. The minimum Gasteiger partial charge on any atom is -0.491 e. The molecule has 0 radical (unpaired) electrons. The fourth-order valence-corrected chi connectivity index (χ4v) is 3.42. The number of H-pyrrole nitrogens is 1. The summed E-state index contributed by atoms with van der Waals surface area (Å²) in [4.78, 5) is 3.33. The molecule has 0 saturated carbocycles. The van der Waals surface area contributed by atoms with Gasteiger partial charge in [0.25, 0.3) is 0 Å². The van der Waals surface area contributed by atoms with Gasteiger partial charge < -0.3 is 20.1 Å². The maximum Gasteiger partial charge on any atom is 0.122 e. The van der Waals surface area contributed by atoms with Crippen LogP contribution in [-0.2, 0) is 12.8 Å². The number of hydrogen-bond donors (Lipinski definition) is 3. The second-order valence-corrected chi connectivity index (χ2v) is 7.87. The van der Waals surface area contributed by atoms with Crippen molar-refractivity contribution in [1.29, 1.82) is 0 Å². The van der Waals surface area contributed by atoms with Crippen molar-refractivity contribution in [3.63, 3.8) is 0 Å². The highest BCUT2D eigenvalue weighted by molar-refractivity contribution is 5.83. The Labute approximate surface area is 167 Å². The lowest BCUT2D eigenvalue weighted by Crippen LogP contribution is -2.46. The van der Waals surface area contributed by atoms with Gasteiger partial charge in [0.15, 0.2) is 0 Å². The number of rotatable bonds is 10. The summed E-state index contributed by atoms with van der Waals surface area (Å²) in [6.45, 7) is 8.82. The van der Waals surface area contributed by atoms with Crippen LogP contribution < -0.4 is 10.1 Å². The second kappa shape index (κ2) is 9.09. The molecule has 0 fully saturated rings. The number of benzene rings is 2. The summed E-state index contributed by atoms with van der Waals surface area (Å²) in [5.41, 5.74) is 3.36. The number of aliphatic hydroxyl groups excluding tert-OH is 1. The summed E-state index contributed by atoms with van der Waals surface area (Å²) in [5, 5.41) is 15.1. The maximum atomic E-state index is 10.4. The van der Waals surface area contributed by atoms with E-state index in [1.165, 1.54) is 10.9 Å². The highest BCUT2D eigenvalue weighted by Gasteiger charge is 2.21. The van der Waals surface area contributed by atoms with Crippen LogP contribution in [0.1, 0.15) is 25.0 Å². The standard InChI is InChI=1S/C24H30N2O2/c1-4-9-18-10-5-8-13-23(18)28-17-20(27)16-26-24(2,3)14-19-15-25-22-12-7-6-11-21(19)22/h4-8,10-13,15,20,25-27H,1,9,14,16-17H2,2-3H3. The van der Waals surface area contributed by atoms with Crippen LogP contribution in [0.3, 0.4) is 0 Å². The molecular weight excluding hydrogens is 348 g/mol. The number of allylic oxidation sites excluding steroid dienone is 1.